The van der Waals surface area contributed by atoms with E-state index in [9.17, 15) is 4.79 Å². The predicted octanol–water partition coefficient (Wildman–Crippen LogP) is 5.21. The molecule has 0 spiro atoms. The van der Waals surface area contributed by atoms with Gasteiger partial charge in [0, 0.05) is 37.5 Å². The van der Waals surface area contributed by atoms with Gasteiger partial charge in [0.05, 0.1) is 22.3 Å². The maximum atomic E-state index is 13.5. The lowest BCUT2D eigenvalue weighted by molar-refractivity contribution is 0.0606. The lowest BCUT2D eigenvalue weighted by atomic mass is 9.98. The largest absolute Gasteiger partial charge is 0.356 e. The van der Waals surface area contributed by atoms with E-state index >= 15 is 0 Å². The molecule has 6 nitrogen and oxygen atoms in total. The van der Waals surface area contributed by atoms with Gasteiger partial charge in [-0.05, 0) is 57.6 Å². The summed E-state index contributed by atoms with van der Waals surface area (Å²) in [6, 6.07) is 7.61. The van der Waals surface area contributed by atoms with Crippen LogP contribution in [0.2, 0.25) is 5.02 Å². The Morgan fingerprint density at radius 1 is 1.12 bits per heavy atom. The lowest BCUT2D eigenvalue weighted by Gasteiger charge is -2.35. The first-order valence-corrected chi connectivity index (χ1v) is 12.0. The highest BCUT2D eigenvalue weighted by molar-refractivity contribution is 6.33. The number of anilines is 1. The summed E-state index contributed by atoms with van der Waals surface area (Å²) in [7, 11) is 0. The topological polar surface area (TPSA) is 53.7 Å². The SMILES string of the molecule is Cc1ccc(Cl)c(C(=O)N2CCCC[C@H]2c2cc3nc(N4CC[C@H](C)C4)c(C)cn3n2)c1. The molecule has 32 heavy (non-hydrogen) atoms. The maximum absolute atomic E-state index is 13.5. The lowest BCUT2D eigenvalue weighted by Crippen LogP contribution is -2.38. The van der Waals surface area contributed by atoms with Gasteiger partial charge in [-0.2, -0.15) is 5.10 Å². The van der Waals surface area contributed by atoms with Crippen LogP contribution in [0.25, 0.3) is 5.65 Å². The minimum atomic E-state index is -0.0647. The van der Waals surface area contributed by atoms with E-state index < -0.39 is 0 Å². The predicted molar refractivity (Wildman–Crippen MR) is 128 cm³/mol. The van der Waals surface area contributed by atoms with Gasteiger partial charge in [-0.3, -0.25) is 4.79 Å². The van der Waals surface area contributed by atoms with Crippen molar-refractivity contribution < 1.29 is 4.79 Å². The molecule has 7 heteroatoms. The zero-order valence-electron chi connectivity index (χ0n) is 19.0. The van der Waals surface area contributed by atoms with Crippen LogP contribution in [0.15, 0.2) is 30.5 Å². The maximum Gasteiger partial charge on any atom is 0.255 e. The summed E-state index contributed by atoms with van der Waals surface area (Å²) < 4.78 is 1.87. The Labute approximate surface area is 194 Å². The molecular weight excluding hydrogens is 422 g/mol. The van der Waals surface area contributed by atoms with Crippen molar-refractivity contribution in [1.82, 2.24) is 19.5 Å². The van der Waals surface area contributed by atoms with Gasteiger partial charge in [0.2, 0.25) is 0 Å². The van der Waals surface area contributed by atoms with E-state index in [1.165, 1.54) is 6.42 Å². The number of piperidine rings is 1. The summed E-state index contributed by atoms with van der Waals surface area (Å²) in [6.45, 7) is 9.18. The second kappa shape index (κ2) is 8.39. The van der Waals surface area contributed by atoms with Crippen LogP contribution in [0.3, 0.4) is 0 Å². The van der Waals surface area contributed by atoms with E-state index in [1.807, 2.05) is 28.5 Å². The quantitative estimate of drug-likeness (QED) is 0.548. The molecule has 2 aromatic heterocycles. The fraction of sp³-hybridized carbons (Fsp3) is 0.480. The minimum Gasteiger partial charge on any atom is -0.356 e. The van der Waals surface area contributed by atoms with Crippen molar-refractivity contribution in [1.29, 1.82) is 0 Å². The molecule has 0 bridgehead atoms. The minimum absolute atomic E-state index is 0.0173. The number of halogens is 1. The highest BCUT2D eigenvalue weighted by atomic mass is 35.5. The van der Waals surface area contributed by atoms with E-state index in [-0.39, 0.29) is 11.9 Å². The van der Waals surface area contributed by atoms with Crippen LogP contribution < -0.4 is 4.90 Å². The number of amides is 1. The molecule has 0 radical (unpaired) electrons. The van der Waals surface area contributed by atoms with Crippen LogP contribution in [0.1, 0.15) is 65.8 Å². The molecule has 2 atom stereocenters. The normalized spacial score (nSPS) is 21.5. The van der Waals surface area contributed by atoms with Crippen molar-refractivity contribution in [3.63, 3.8) is 0 Å². The summed E-state index contributed by atoms with van der Waals surface area (Å²) in [5.74, 6) is 1.73. The van der Waals surface area contributed by atoms with Crippen LogP contribution in [0.4, 0.5) is 5.82 Å². The third-order valence-corrected chi connectivity index (χ3v) is 7.13. The number of carbonyl (C=O) groups excluding carboxylic acids is 1. The third-order valence-electron chi connectivity index (χ3n) is 6.80. The number of hydrogen-bond acceptors (Lipinski definition) is 4. The van der Waals surface area contributed by atoms with Gasteiger partial charge in [-0.25, -0.2) is 9.50 Å². The molecular formula is C25H30ClN5O. The number of nitrogens with zero attached hydrogens (tertiary/aromatic N) is 5. The van der Waals surface area contributed by atoms with Gasteiger partial charge in [-0.15, -0.1) is 0 Å². The fourth-order valence-corrected chi connectivity index (χ4v) is 5.27. The molecule has 0 saturated carbocycles. The first-order valence-electron chi connectivity index (χ1n) is 11.6. The second-order valence-electron chi connectivity index (χ2n) is 9.45. The van der Waals surface area contributed by atoms with Crippen LogP contribution in [0, 0.1) is 19.8 Å². The molecule has 0 N–H and O–H groups in total. The van der Waals surface area contributed by atoms with Gasteiger partial charge in [0.15, 0.2) is 5.65 Å². The average Bonchev–Trinajstić information content (AvgIpc) is 3.40. The zero-order chi connectivity index (χ0) is 22.4. The Balaban J connectivity index is 1.48. The molecule has 0 unspecified atom stereocenters. The highest BCUT2D eigenvalue weighted by Gasteiger charge is 2.32. The van der Waals surface area contributed by atoms with Gasteiger partial charge < -0.3 is 9.80 Å². The molecule has 3 aromatic rings. The number of aryl methyl sites for hydroxylation is 2. The Bertz CT molecular complexity index is 1170. The van der Waals surface area contributed by atoms with Gasteiger partial charge in [0.1, 0.15) is 5.82 Å². The van der Waals surface area contributed by atoms with Crippen LogP contribution >= 0.6 is 11.6 Å². The van der Waals surface area contributed by atoms with E-state index in [4.69, 9.17) is 21.7 Å². The number of likely N-dealkylation sites (tertiary alicyclic amines) is 1. The Morgan fingerprint density at radius 3 is 2.75 bits per heavy atom. The summed E-state index contributed by atoms with van der Waals surface area (Å²) in [5.41, 5.74) is 4.47. The fourth-order valence-electron chi connectivity index (χ4n) is 5.07. The molecule has 4 heterocycles. The van der Waals surface area contributed by atoms with E-state index in [0.717, 1.165) is 60.6 Å². The first kappa shape index (κ1) is 21.3. The smallest absolute Gasteiger partial charge is 0.255 e. The van der Waals surface area contributed by atoms with E-state index in [0.29, 0.717) is 23.0 Å². The number of carbonyl (C=O) groups is 1. The number of benzene rings is 1. The van der Waals surface area contributed by atoms with Gasteiger partial charge in [-0.1, -0.05) is 30.2 Å². The van der Waals surface area contributed by atoms with Crippen molar-refractivity contribution in [2.24, 2.45) is 5.92 Å². The molecule has 1 amide bonds. The summed E-state index contributed by atoms with van der Waals surface area (Å²) >= 11 is 6.39. The summed E-state index contributed by atoms with van der Waals surface area (Å²) in [4.78, 5) is 22.8. The monoisotopic (exact) mass is 451 g/mol. The zero-order valence-corrected chi connectivity index (χ0v) is 19.8. The molecule has 2 aliphatic heterocycles. The molecule has 2 aliphatic rings. The van der Waals surface area contributed by atoms with E-state index in [1.54, 1.807) is 6.07 Å². The molecule has 5 rings (SSSR count). The Hall–Kier alpha value is -2.60. The number of aromatic nitrogens is 3. The highest BCUT2D eigenvalue weighted by Crippen LogP contribution is 2.34. The standard InChI is InChI=1S/C25H30ClN5O/c1-16-7-8-20(26)19(12-16)25(32)30-10-5-4-6-22(30)21-13-23-27-24(18(3)15-31(23)28-21)29-11-9-17(2)14-29/h7-8,12-13,15,17,22H,4-6,9-11,14H2,1-3H3/t17-,22-/m0/s1. The number of rotatable bonds is 3. The number of fused-ring (bicyclic) bond motifs is 1. The van der Waals surface area contributed by atoms with Crippen LogP contribution in [-0.4, -0.2) is 45.0 Å². The Kier molecular flexibility index (Phi) is 5.58. The molecule has 168 valence electrons. The number of hydrogen-bond donors (Lipinski definition) is 0. The second-order valence-corrected chi connectivity index (χ2v) is 9.86. The molecule has 2 fully saturated rings. The average molecular weight is 452 g/mol. The van der Waals surface area contributed by atoms with E-state index in [2.05, 4.69) is 31.0 Å². The van der Waals surface area contributed by atoms with Crippen molar-refractivity contribution in [3.8, 4) is 0 Å². The van der Waals surface area contributed by atoms with Crippen molar-refractivity contribution in [3.05, 3.63) is 57.9 Å². The van der Waals surface area contributed by atoms with Gasteiger partial charge >= 0.3 is 0 Å². The molecule has 1 aromatic carbocycles. The van der Waals surface area contributed by atoms with Gasteiger partial charge in [0.25, 0.3) is 5.91 Å². The van der Waals surface area contributed by atoms with Crippen LogP contribution in [-0.2, 0) is 0 Å². The van der Waals surface area contributed by atoms with Crippen molar-refractivity contribution in [2.45, 2.75) is 52.5 Å². The summed E-state index contributed by atoms with van der Waals surface area (Å²) in [6.07, 6.45) is 6.24. The first-order chi connectivity index (χ1) is 15.4. The molecule has 2 saturated heterocycles. The van der Waals surface area contributed by atoms with Crippen molar-refractivity contribution >= 4 is 29.0 Å². The third kappa shape index (κ3) is 3.85. The Morgan fingerprint density at radius 2 is 1.97 bits per heavy atom. The molecule has 0 aliphatic carbocycles. The summed E-state index contributed by atoms with van der Waals surface area (Å²) in [5, 5.41) is 5.36. The van der Waals surface area contributed by atoms with Crippen molar-refractivity contribution in [2.75, 3.05) is 24.5 Å². The van der Waals surface area contributed by atoms with Crippen LogP contribution in [0.5, 0.6) is 0 Å².